The highest BCUT2D eigenvalue weighted by atomic mass is 32.1. The van der Waals surface area contributed by atoms with Crippen molar-refractivity contribution in [2.75, 3.05) is 18.0 Å². The van der Waals surface area contributed by atoms with E-state index in [1.54, 1.807) is 6.33 Å². The van der Waals surface area contributed by atoms with E-state index in [-0.39, 0.29) is 6.04 Å². The van der Waals surface area contributed by atoms with E-state index in [0.717, 1.165) is 55.4 Å². The summed E-state index contributed by atoms with van der Waals surface area (Å²) in [5.41, 5.74) is 1.67. The number of aromatic nitrogens is 2. The van der Waals surface area contributed by atoms with Gasteiger partial charge in [0.25, 0.3) is 0 Å². The van der Waals surface area contributed by atoms with Crippen LogP contribution in [0.15, 0.2) is 6.33 Å². The zero-order valence-corrected chi connectivity index (χ0v) is 12.9. The zero-order valence-electron chi connectivity index (χ0n) is 12.1. The molecule has 1 aromatic heterocycles. The average molecular weight is 291 g/mol. The van der Waals surface area contributed by atoms with Crippen molar-refractivity contribution in [2.45, 2.75) is 45.7 Å². The maximum atomic E-state index is 8.54. The molecule has 0 saturated carbocycles. The highest BCUT2D eigenvalue weighted by molar-refractivity contribution is 7.80. The van der Waals surface area contributed by atoms with Crippen molar-refractivity contribution >= 4 is 23.1 Å². The molecule has 1 aromatic rings. The highest BCUT2D eigenvalue weighted by Gasteiger charge is 2.39. The van der Waals surface area contributed by atoms with Crippen LogP contribution in [0.4, 0.5) is 5.82 Å². The number of anilines is 1. The maximum absolute atomic E-state index is 8.54. The topological polar surface area (TPSA) is 48.2 Å². The zero-order chi connectivity index (χ0) is 14.3. The van der Waals surface area contributed by atoms with Crippen LogP contribution in [-0.4, -0.2) is 32.7 Å². The molecule has 3 rings (SSSR count). The first-order chi connectivity index (χ1) is 9.69. The van der Waals surface area contributed by atoms with Crippen molar-refractivity contribution in [1.82, 2.24) is 14.5 Å². The van der Waals surface area contributed by atoms with Gasteiger partial charge in [-0.15, -0.1) is 0 Å². The smallest absolute Gasteiger partial charge is 0.177 e. The Morgan fingerprint density at radius 2 is 2.25 bits per heavy atom. The number of nitrogens with one attached hydrogen (secondary N) is 1. The molecule has 1 atom stereocenters. The molecule has 0 aromatic carbocycles. The van der Waals surface area contributed by atoms with E-state index < -0.39 is 0 Å². The van der Waals surface area contributed by atoms with Crippen LogP contribution in [0.3, 0.4) is 0 Å². The Kier molecular flexibility index (Phi) is 3.50. The molecule has 1 N–H and O–H groups in total. The number of hydrogen-bond donors (Lipinski definition) is 1. The minimum absolute atomic E-state index is 0.254. The fourth-order valence-electron chi connectivity index (χ4n) is 3.27. The summed E-state index contributed by atoms with van der Waals surface area (Å²) in [6.45, 7) is 6.87. The van der Waals surface area contributed by atoms with Gasteiger partial charge in [0.15, 0.2) is 5.11 Å². The van der Waals surface area contributed by atoms with Gasteiger partial charge in [-0.1, -0.05) is 6.92 Å². The number of nitrogens with zero attached hydrogens (tertiary/aromatic N) is 4. The third-order valence-electron chi connectivity index (χ3n) is 4.20. The Bertz CT molecular complexity index is 594. The molecule has 0 aliphatic carbocycles. The summed E-state index contributed by atoms with van der Waals surface area (Å²) in [6, 6.07) is 0.254. The summed E-state index contributed by atoms with van der Waals surface area (Å²) in [4.78, 5) is 8.96. The Balaban J connectivity index is 2.18. The fourth-order valence-corrected chi connectivity index (χ4v) is 3.71. The average Bonchev–Trinajstić information content (AvgIpc) is 2.92. The highest BCUT2D eigenvalue weighted by Crippen LogP contribution is 2.39. The van der Waals surface area contributed by atoms with Gasteiger partial charge in [-0.2, -0.15) is 0 Å². The molecule has 6 heteroatoms. The molecule has 20 heavy (non-hydrogen) atoms. The Labute approximate surface area is 124 Å². The van der Waals surface area contributed by atoms with Gasteiger partial charge >= 0.3 is 0 Å². The summed E-state index contributed by atoms with van der Waals surface area (Å²) >= 11 is 5.61. The number of fused-ring (bicyclic) bond motifs is 3. The van der Waals surface area contributed by atoms with Crippen molar-refractivity contribution in [3.8, 4) is 0 Å². The normalized spacial score (nSPS) is 21.1. The summed E-state index contributed by atoms with van der Waals surface area (Å²) in [7, 11) is 0. The summed E-state index contributed by atoms with van der Waals surface area (Å²) in [6.07, 6.45) is 5.03. The second-order valence-electron chi connectivity index (χ2n) is 5.40. The predicted molar refractivity (Wildman–Crippen MR) is 82.7 cm³/mol. The summed E-state index contributed by atoms with van der Waals surface area (Å²) in [5, 5.41) is 9.41. The molecular formula is C14H21N5S. The van der Waals surface area contributed by atoms with E-state index >= 15 is 0 Å². The van der Waals surface area contributed by atoms with Crippen LogP contribution in [-0.2, 0) is 6.54 Å². The quantitative estimate of drug-likeness (QED) is 0.866. The molecule has 5 nitrogen and oxygen atoms in total. The third-order valence-corrected chi connectivity index (χ3v) is 4.66. The van der Waals surface area contributed by atoms with Gasteiger partial charge in [-0.25, -0.2) is 4.98 Å². The van der Waals surface area contributed by atoms with E-state index in [1.807, 2.05) is 4.57 Å². The molecular weight excluding hydrogens is 270 g/mol. The van der Waals surface area contributed by atoms with Gasteiger partial charge in [0, 0.05) is 19.6 Å². The number of hydrogen-bond acceptors (Lipinski definition) is 3. The van der Waals surface area contributed by atoms with Crippen molar-refractivity contribution in [1.29, 1.82) is 5.41 Å². The third kappa shape index (κ3) is 1.85. The number of aryl methyl sites for hydroxylation is 1. The van der Waals surface area contributed by atoms with Crippen molar-refractivity contribution in [2.24, 2.45) is 0 Å². The molecule has 0 amide bonds. The van der Waals surface area contributed by atoms with Crippen LogP contribution < -0.4 is 10.4 Å². The second kappa shape index (κ2) is 5.16. The van der Waals surface area contributed by atoms with E-state index in [1.165, 1.54) is 0 Å². The first-order valence-electron chi connectivity index (χ1n) is 7.41. The van der Waals surface area contributed by atoms with E-state index in [2.05, 4.69) is 28.6 Å². The SMILES string of the molecule is CCCn1cnc2c(c1=N)C1CCCN1C(=S)N2CC. The van der Waals surface area contributed by atoms with Crippen molar-refractivity contribution < 1.29 is 0 Å². The molecule has 1 unspecified atom stereocenters. The van der Waals surface area contributed by atoms with Gasteiger partial charge in [0.05, 0.1) is 17.9 Å². The lowest BCUT2D eigenvalue weighted by molar-refractivity contribution is 0.379. The first kappa shape index (κ1) is 13.5. The van der Waals surface area contributed by atoms with E-state index in [4.69, 9.17) is 17.6 Å². The number of thiocarbonyl (C=S) groups is 1. The van der Waals surface area contributed by atoms with Crippen LogP contribution in [0.2, 0.25) is 0 Å². The molecule has 0 bridgehead atoms. The summed E-state index contributed by atoms with van der Waals surface area (Å²) < 4.78 is 1.96. The fraction of sp³-hybridized carbons (Fsp3) is 0.643. The molecule has 2 aliphatic heterocycles. The molecule has 1 saturated heterocycles. The van der Waals surface area contributed by atoms with E-state index in [9.17, 15) is 0 Å². The minimum atomic E-state index is 0.254. The minimum Gasteiger partial charge on any atom is -0.341 e. The molecule has 3 heterocycles. The van der Waals surface area contributed by atoms with Gasteiger partial charge < -0.3 is 14.4 Å². The van der Waals surface area contributed by atoms with Gasteiger partial charge in [0.1, 0.15) is 11.3 Å². The van der Waals surface area contributed by atoms with Crippen LogP contribution in [0.1, 0.15) is 44.7 Å². The van der Waals surface area contributed by atoms with Crippen molar-refractivity contribution in [3.63, 3.8) is 0 Å². The van der Waals surface area contributed by atoms with Gasteiger partial charge in [-0.3, -0.25) is 5.41 Å². The van der Waals surface area contributed by atoms with Gasteiger partial charge in [-0.05, 0) is 38.4 Å². The second-order valence-corrected chi connectivity index (χ2v) is 5.77. The predicted octanol–water partition coefficient (Wildman–Crippen LogP) is 2.03. The molecule has 2 aliphatic rings. The molecule has 0 radical (unpaired) electrons. The monoisotopic (exact) mass is 291 g/mol. The van der Waals surface area contributed by atoms with Crippen LogP contribution in [0, 0.1) is 5.41 Å². The first-order valence-corrected chi connectivity index (χ1v) is 7.81. The molecule has 1 fully saturated rings. The maximum Gasteiger partial charge on any atom is 0.177 e. The number of rotatable bonds is 3. The van der Waals surface area contributed by atoms with Crippen LogP contribution in [0.5, 0.6) is 0 Å². The largest absolute Gasteiger partial charge is 0.341 e. The Morgan fingerprint density at radius 3 is 2.95 bits per heavy atom. The lowest BCUT2D eigenvalue weighted by Gasteiger charge is -2.40. The van der Waals surface area contributed by atoms with Gasteiger partial charge in [0.2, 0.25) is 0 Å². The van der Waals surface area contributed by atoms with Crippen LogP contribution >= 0.6 is 12.2 Å². The van der Waals surface area contributed by atoms with E-state index in [0.29, 0.717) is 5.49 Å². The lowest BCUT2D eigenvalue weighted by Crippen LogP contribution is -2.50. The lowest BCUT2D eigenvalue weighted by atomic mass is 10.0. The standard InChI is InChI=1S/C14H21N5S/c1-3-7-17-9-16-13-11(12(17)15)10-6-5-8-19(10)14(20)18(13)4-2/h9-10,15H,3-8H2,1-2H3. The molecule has 108 valence electrons. The van der Waals surface area contributed by atoms with Crippen molar-refractivity contribution in [3.05, 3.63) is 17.4 Å². The summed E-state index contributed by atoms with van der Waals surface area (Å²) in [5.74, 6) is 0.901. The molecule has 0 spiro atoms. The Hall–Kier alpha value is -1.43. The van der Waals surface area contributed by atoms with Crippen LogP contribution in [0.25, 0.3) is 0 Å². The Morgan fingerprint density at radius 1 is 1.45 bits per heavy atom.